The SMILES string of the molecule is CC(C)CC(CN)C(O)CS(C)(=O)=O. The average Bonchev–Trinajstić information content (AvgIpc) is 1.96. The summed E-state index contributed by atoms with van der Waals surface area (Å²) in [6, 6.07) is 0. The lowest BCUT2D eigenvalue weighted by molar-refractivity contribution is 0.119. The van der Waals surface area contributed by atoms with E-state index in [9.17, 15) is 13.5 Å². The summed E-state index contributed by atoms with van der Waals surface area (Å²) < 4.78 is 21.9. The first kappa shape index (κ1) is 13.9. The molecule has 5 heteroatoms. The minimum absolute atomic E-state index is 0.121. The van der Waals surface area contributed by atoms with Crippen LogP contribution in [0.15, 0.2) is 0 Å². The van der Waals surface area contributed by atoms with Gasteiger partial charge in [0.15, 0.2) is 0 Å². The fourth-order valence-electron chi connectivity index (χ4n) is 1.46. The van der Waals surface area contributed by atoms with Crippen molar-refractivity contribution in [2.45, 2.75) is 26.4 Å². The number of sulfone groups is 1. The van der Waals surface area contributed by atoms with E-state index in [0.717, 1.165) is 12.7 Å². The van der Waals surface area contributed by atoms with Crippen molar-refractivity contribution in [1.29, 1.82) is 0 Å². The van der Waals surface area contributed by atoms with E-state index >= 15 is 0 Å². The average molecular weight is 223 g/mol. The molecule has 4 nitrogen and oxygen atoms in total. The normalized spacial score (nSPS) is 17.0. The maximum atomic E-state index is 10.9. The fraction of sp³-hybridized carbons (Fsp3) is 1.00. The van der Waals surface area contributed by atoms with Gasteiger partial charge >= 0.3 is 0 Å². The van der Waals surface area contributed by atoms with E-state index in [-0.39, 0.29) is 11.7 Å². The number of aliphatic hydroxyl groups is 1. The van der Waals surface area contributed by atoms with E-state index < -0.39 is 15.9 Å². The van der Waals surface area contributed by atoms with Crippen LogP contribution in [0.2, 0.25) is 0 Å². The lowest BCUT2D eigenvalue weighted by atomic mass is 9.93. The lowest BCUT2D eigenvalue weighted by Crippen LogP contribution is -2.34. The predicted molar refractivity (Wildman–Crippen MR) is 57.7 cm³/mol. The molecule has 3 N–H and O–H groups in total. The highest BCUT2D eigenvalue weighted by Gasteiger charge is 2.22. The van der Waals surface area contributed by atoms with Gasteiger partial charge < -0.3 is 10.8 Å². The van der Waals surface area contributed by atoms with E-state index in [0.29, 0.717) is 12.5 Å². The third-order valence-corrected chi connectivity index (χ3v) is 3.04. The monoisotopic (exact) mass is 223 g/mol. The largest absolute Gasteiger partial charge is 0.392 e. The van der Waals surface area contributed by atoms with Crippen LogP contribution >= 0.6 is 0 Å². The summed E-state index contributed by atoms with van der Waals surface area (Å²) in [5, 5.41) is 9.63. The molecule has 0 aliphatic rings. The van der Waals surface area contributed by atoms with E-state index in [1.54, 1.807) is 0 Å². The predicted octanol–water partition coefficient (Wildman–Crippen LogP) is 0.0129. The Morgan fingerprint density at radius 3 is 2.14 bits per heavy atom. The van der Waals surface area contributed by atoms with Gasteiger partial charge in [0.05, 0.1) is 11.9 Å². The summed E-state index contributed by atoms with van der Waals surface area (Å²) in [7, 11) is -3.12. The molecule has 0 bridgehead atoms. The quantitative estimate of drug-likeness (QED) is 0.665. The maximum Gasteiger partial charge on any atom is 0.150 e. The first-order chi connectivity index (χ1) is 6.26. The first-order valence-corrected chi connectivity index (χ1v) is 6.88. The Morgan fingerprint density at radius 1 is 1.36 bits per heavy atom. The van der Waals surface area contributed by atoms with E-state index in [4.69, 9.17) is 5.73 Å². The molecule has 0 spiro atoms. The third kappa shape index (κ3) is 6.34. The molecule has 0 aromatic carbocycles. The standard InChI is InChI=1S/C9H21NO3S/c1-7(2)4-8(5-10)9(11)6-14(3,12)13/h7-9,11H,4-6,10H2,1-3H3. The summed E-state index contributed by atoms with van der Waals surface area (Å²) in [5.74, 6) is 0.101. The molecule has 0 aliphatic heterocycles. The molecular formula is C9H21NO3S. The Morgan fingerprint density at radius 2 is 1.86 bits per heavy atom. The minimum Gasteiger partial charge on any atom is -0.392 e. The smallest absolute Gasteiger partial charge is 0.150 e. The summed E-state index contributed by atoms with van der Waals surface area (Å²) in [4.78, 5) is 0. The molecule has 0 aromatic heterocycles. The maximum absolute atomic E-state index is 10.9. The molecule has 2 atom stereocenters. The fourth-order valence-corrected chi connectivity index (χ4v) is 2.35. The van der Waals surface area contributed by atoms with Crippen LogP contribution in [0.3, 0.4) is 0 Å². The van der Waals surface area contributed by atoms with Crippen molar-refractivity contribution in [2.24, 2.45) is 17.6 Å². The summed E-state index contributed by atoms with van der Waals surface area (Å²) in [5.41, 5.74) is 5.49. The molecule has 0 amide bonds. The van der Waals surface area contributed by atoms with Gasteiger partial charge in [-0.2, -0.15) is 0 Å². The van der Waals surface area contributed by atoms with Gasteiger partial charge in [0.1, 0.15) is 9.84 Å². The number of hydrogen-bond donors (Lipinski definition) is 2. The zero-order valence-corrected chi connectivity index (χ0v) is 9.92. The van der Waals surface area contributed by atoms with Crippen molar-refractivity contribution in [3.05, 3.63) is 0 Å². The first-order valence-electron chi connectivity index (χ1n) is 4.82. The van der Waals surface area contributed by atoms with Gasteiger partial charge in [0.2, 0.25) is 0 Å². The molecule has 14 heavy (non-hydrogen) atoms. The van der Waals surface area contributed by atoms with Crippen molar-refractivity contribution in [3.63, 3.8) is 0 Å². The zero-order valence-electron chi connectivity index (χ0n) is 9.10. The van der Waals surface area contributed by atoms with Crippen molar-refractivity contribution in [3.8, 4) is 0 Å². The van der Waals surface area contributed by atoms with Crippen molar-refractivity contribution >= 4 is 9.84 Å². The van der Waals surface area contributed by atoms with E-state index in [1.165, 1.54) is 0 Å². The van der Waals surface area contributed by atoms with Crippen LogP contribution in [0.25, 0.3) is 0 Å². The van der Waals surface area contributed by atoms with Gasteiger partial charge in [-0.15, -0.1) is 0 Å². The van der Waals surface area contributed by atoms with Crippen molar-refractivity contribution in [1.82, 2.24) is 0 Å². The number of nitrogens with two attached hydrogens (primary N) is 1. The Labute approximate surface area is 86.4 Å². The highest BCUT2D eigenvalue weighted by atomic mass is 32.2. The van der Waals surface area contributed by atoms with E-state index in [1.807, 2.05) is 13.8 Å². The molecule has 0 rings (SSSR count). The van der Waals surface area contributed by atoms with Gasteiger partial charge in [-0.25, -0.2) is 8.42 Å². The van der Waals surface area contributed by atoms with Crippen molar-refractivity contribution in [2.75, 3.05) is 18.6 Å². The third-order valence-electron chi connectivity index (χ3n) is 2.09. The zero-order chi connectivity index (χ0) is 11.4. The topological polar surface area (TPSA) is 80.4 Å². The van der Waals surface area contributed by atoms with Crippen molar-refractivity contribution < 1.29 is 13.5 Å². The molecule has 0 saturated carbocycles. The lowest BCUT2D eigenvalue weighted by Gasteiger charge is -2.22. The van der Waals surface area contributed by atoms with Gasteiger partial charge in [0.25, 0.3) is 0 Å². The number of hydrogen-bond acceptors (Lipinski definition) is 4. The van der Waals surface area contributed by atoms with Gasteiger partial charge in [-0.05, 0) is 24.8 Å². The summed E-state index contributed by atoms with van der Waals surface area (Å²) in [6.45, 7) is 4.38. The van der Waals surface area contributed by atoms with Crippen LogP contribution in [-0.2, 0) is 9.84 Å². The van der Waals surface area contributed by atoms with Crippen LogP contribution < -0.4 is 5.73 Å². The van der Waals surface area contributed by atoms with Crippen LogP contribution in [0.5, 0.6) is 0 Å². The minimum atomic E-state index is -3.12. The second-order valence-corrected chi connectivity index (χ2v) is 6.47. The van der Waals surface area contributed by atoms with Gasteiger partial charge in [-0.3, -0.25) is 0 Å². The Hall–Kier alpha value is -0.130. The molecule has 0 fully saturated rings. The molecule has 0 aliphatic carbocycles. The Kier molecular flexibility index (Phi) is 5.63. The molecule has 86 valence electrons. The summed E-state index contributed by atoms with van der Waals surface area (Å²) in [6.07, 6.45) is 1.05. The van der Waals surface area contributed by atoms with E-state index in [2.05, 4.69) is 0 Å². The van der Waals surface area contributed by atoms with Crippen LogP contribution in [-0.4, -0.2) is 38.2 Å². The summed E-state index contributed by atoms with van der Waals surface area (Å²) >= 11 is 0. The molecule has 0 radical (unpaired) electrons. The molecule has 2 unspecified atom stereocenters. The second-order valence-electron chi connectivity index (χ2n) is 4.29. The number of aliphatic hydroxyl groups excluding tert-OH is 1. The van der Waals surface area contributed by atoms with Gasteiger partial charge in [0, 0.05) is 6.26 Å². The molecular weight excluding hydrogens is 202 g/mol. The highest BCUT2D eigenvalue weighted by molar-refractivity contribution is 7.90. The molecule has 0 saturated heterocycles. The molecule has 0 heterocycles. The Balaban J connectivity index is 4.24. The van der Waals surface area contributed by atoms with Gasteiger partial charge in [-0.1, -0.05) is 13.8 Å². The van der Waals surface area contributed by atoms with Crippen LogP contribution in [0.1, 0.15) is 20.3 Å². The molecule has 0 aromatic rings. The van der Waals surface area contributed by atoms with Crippen LogP contribution in [0.4, 0.5) is 0 Å². The second kappa shape index (κ2) is 5.68. The number of rotatable bonds is 6. The Bertz CT molecular complexity index is 249. The van der Waals surface area contributed by atoms with Crippen LogP contribution in [0, 0.1) is 11.8 Å². The highest BCUT2D eigenvalue weighted by Crippen LogP contribution is 2.15.